The Morgan fingerprint density at radius 1 is 1.33 bits per heavy atom. The number of benzene rings is 1. The second-order valence-corrected chi connectivity index (χ2v) is 2.83. The molecule has 15 heavy (non-hydrogen) atoms. The molecule has 0 saturated heterocycles. The fourth-order valence-electron chi connectivity index (χ4n) is 1.07. The lowest BCUT2D eigenvalue weighted by Crippen LogP contribution is -2.06. The van der Waals surface area contributed by atoms with E-state index in [2.05, 4.69) is 0 Å². The van der Waals surface area contributed by atoms with E-state index in [-0.39, 0.29) is 5.56 Å². The van der Waals surface area contributed by atoms with Crippen molar-refractivity contribution in [1.82, 2.24) is 0 Å². The van der Waals surface area contributed by atoms with Crippen molar-refractivity contribution in [2.45, 2.75) is 6.92 Å². The summed E-state index contributed by atoms with van der Waals surface area (Å²) in [5.41, 5.74) is 0.251. The molecule has 80 valence electrons. The average molecular weight is 209 g/mol. The summed E-state index contributed by atoms with van der Waals surface area (Å²) in [6.07, 6.45) is 0. The van der Waals surface area contributed by atoms with Crippen molar-refractivity contribution < 1.29 is 13.9 Å². The highest BCUT2D eigenvalue weighted by molar-refractivity contribution is 5.36. The summed E-state index contributed by atoms with van der Waals surface area (Å²) in [7, 11) is 0. The molecule has 0 bridgehead atoms. The van der Waals surface area contributed by atoms with Gasteiger partial charge in [-0.3, -0.25) is 0 Å². The number of nitriles is 1. The van der Waals surface area contributed by atoms with Gasteiger partial charge in [0.2, 0.25) is 0 Å². The van der Waals surface area contributed by atoms with Crippen LogP contribution in [0.15, 0.2) is 18.2 Å². The molecule has 0 aliphatic rings. The molecule has 0 aromatic heterocycles. The molecule has 0 amide bonds. The summed E-state index contributed by atoms with van der Waals surface area (Å²) in [5.74, 6) is -0.119. The summed E-state index contributed by atoms with van der Waals surface area (Å²) >= 11 is 0. The van der Waals surface area contributed by atoms with Crippen LogP contribution in [0.25, 0.3) is 0 Å². The first kappa shape index (κ1) is 11.5. The summed E-state index contributed by atoms with van der Waals surface area (Å²) in [6.45, 7) is 3.31. The summed E-state index contributed by atoms with van der Waals surface area (Å²) in [5, 5.41) is 8.60. The van der Waals surface area contributed by atoms with Crippen LogP contribution in [0.5, 0.6) is 5.75 Å². The van der Waals surface area contributed by atoms with Crippen LogP contribution in [-0.2, 0) is 4.74 Å². The Balaban J connectivity index is 2.54. The molecule has 0 heterocycles. The molecule has 0 saturated carbocycles. The van der Waals surface area contributed by atoms with E-state index in [1.165, 1.54) is 12.1 Å². The molecule has 0 aliphatic carbocycles. The van der Waals surface area contributed by atoms with E-state index in [4.69, 9.17) is 14.7 Å². The summed E-state index contributed by atoms with van der Waals surface area (Å²) in [4.78, 5) is 0. The second-order valence-electron chi connectivity index (χ2n) is 2.83. The Labute approximate surface area is 88.0 Å². The molecule has 3 nitrogen and oxygen atoms in total. The van der Waals surface area contributed by atoms with Crippen LogP contribution in [0.1, 0.15) is 12.5 Å². The van der Waals surface area contributed by atoms with Gasteiger partial charge < -0.3 is 9.47 Å². The van der Waals surface area contributed by atoms with E-state index < -0.39 is 5.82 Å². The van der Waals surface area contributed by atoms with Gasteiger partial charge in [0.1, 0.15) is 18.2 Å². The van der Waals surface area contributed by atoms with Crippen LogP contribution in [0.3, 0.4) is 0 Å². The van der Waals surface area contributed by atoms with Crippen LogP contribution in [0, 0.1) is 17.1 Å². The van der Waals surface area contributed by atoms with E-state index in [9.17, 15) is 4.39 Å². The van der Waals surface area contributed by atoms with E-state index in [0.29, 0.717) is 25.6 Å². The molecule has 1 aromatic rings. The monoisotopic (exact) mass is 209 g/mol. The third kappa shape index (κ3) is 3.96. The minimum absolute atomic E-state index is 0.251. The molecule has 0 atom stereocenters. The highest BCUT2D eigenvalue weighted by Gasteiger charge is 2.00. The van der Waals surface area contributed by atoms with Gasteiger partial charge in [0.25, 0.3) is 0 Å². The van der Waals surface area contributed by atoms with Gasteiger partial charge in [0.15, 0.2) is 0 Å². The molecule has 1 aromatic carbocycles. The van der Waals surface area contributed by atoms with Crippen LogP contribution in [-0.4, -0.2) is 19.8 Å². The topological polar surface area (TPSA) is 42.2 Å². The first-order valence-electron chi connectivity index (χ1n) is 4.67. The minimum atomic E-state index is -0.472. The second kappa shape index (κ2) is 5.99. The van der Waals surface area contributed by atoms with Gasteiger partial charge in [0.05, 0.1) is 18.2 Å². The lowest BCUT2D eigenvalue weighted by molar-refractivity contribution is 0.110. The summed E-state index contributed by atoms with van der Waals surface area (Å²) in [6, 6.07) is 5.76. The molecule has 0 unspecified atom stereocenters. The minimum Gasteiger partial charge on any atom is -0.491 e. The largest absolute Gasteiger partial charge is 0.491 e. The van der Waals surface area contributed by atoms with Gasteiger partial charge in [-0.1, -0.05) is 0 Å². The maximum Gasteiger partial charge on any atom is 0.128 e. The van der Waals surface area contributed by atoms with E-state index in [1.54, 1.807) is 0 Å². The van der Waals surface area contributed by atoms with Crippen molar-refractivity contribution in [2.75, 3.05) is 19.8 Å². The van der Waals surface area contributed by atoms with Gasteiger partial charge >= 0.3 is 0 Å². The fourth-order valence-corrected chi connectivity index (χ4v) is 1.07. The number of rotatable bonds is 5. The molecule has 0 N–H and O–H groups in total. The highest BCUT2D eigenvalue weighted by Crippen LogP contribution is 2.15. The van der Waals surface area contributed by atoms with Crippen LogP contribution in [0.2, 0.25) is 0 Å². The van der Waals surface area contributed by atoms with Crippen molar-refractivity contribution in [3.8, 4) is 11.8 Å². The van der Waals surface area contributed by atoms with Crippen molar-refractivity contribution >= 4 is 0 Å². The lowest BCUT2D eigenvalue weighted by Gasteiger charge is -2.06. The van der Waals surface area contributed by atoms with E-state index >= 15 is 0 Å². The van der Waals surface area contributed by atoms with Crippen LogP contribution < -0.4 is 4.74 Å². The number of hydrogen-bond donors (Lipinski definition) is 0. The molecule has 0 radical (unpaired) electrons. The zero-order valence-electron chi connectivity index (χ0n) is 8.50. The zero-order chi connectivity index (χ0) is 11.1. The Morgan fingerprint density at radius 3 is 2.80 bits per heavy atom. The fraction of sp³-hybridized carbons (Fsp3) is 0.364. The maximum absolute atomic E-state index is 12.9. The normalized spacial score (nSPS) is 9.67. The molecule has 0 fully saturated rings. The third-order valence-corrected chi connectivity index (χ3v) is 1.70. The molecule has 1 rings (SSSR count). The predicted molar refractivity (Wildman–Crippen MR) is 53.1 cm³/mol. The lowest BCUT2D eigenvalue weighted by atomic mass is 10.2. The zero-order valence-corrected chi connectivity index (χ0v) is 8.50. The van der Waals surface area contributed by atoms with Gasteiger partial charge in [-0.25, -0.2) is 4.39 Å². The van der Waals surface area contributed by atoms with Gasteiger partial charge in [-0.2, -0.15) is 5.26 Å². The van der Waals surface area contributed by atoms with Gasteiger partial charge in [0, 0.05) is 12.7 Å². The first-order chi connectivity index (χ1) is 7.26. The molecule has 4 heteroatoms. The smallest absolute Gasteiger partial charge is 0.128 e. The number of nitrogens with zero attached hydrogens (tertiary/aromatic N) is 1. The summed E-state index contributed by atoms with van der Waals surface area (Å²) < 4.78 is 23.2. The Hall–Kier alpha value is -1.60. The van der Waals surface area contributed by atoms with Crippen molar-refractivity contribution in [1.29, 1.82) is 5.26 Å². The highest BCUT2D eigenvalue weighted by atomic mass is 19.1. The van der Waals surface area contributed by atoms with Crippen molar-refractivity contribution in [3.05, 3.63) is 29.6 Å². The van der Waals surface area contributed by atoms with Gasteiger partial charge in [-0.05, 0) is 19.1 Å². The Kier molecular flexibility index (Phi) is 4.58. The van der Waals surface area contributed by atoms with Crippen LogP contribution >= 0.6 is 0 Å². The molecular formula is C11H12FNO2. The standard InChI is InChI=1S/C11H12FNO2/c1-2-14-3-4-15-11-6-9(8-13)5-10(12)7-11/h5-7H,2-4H2,1H3. The number of halogens is 1. The van der Waals surface area contributed by atoms with E-state index in [0.717, 1.165) is 6.07 Å². The molecule has 0 spiro atoms. The molecule has 0 aliphatic heterocycles. The maximum atomic E-state index is 12.9. The number of hydrogen-bond acceptors (Lipinski definition) is 3. The quantitative estimate of drug-likeness (QED) is 0.697. The van der Waals surface area contributed by atoms with Crippen molar-refractivity contribution in [2.24, 2.45) is 0 Å². The van der Waals surface area contributed by atoms with Gasteiger partial charge in [-0.15, -0.1) is 0 Å². The number of ether oxygens (including phenoxy) is 2. The van der Waals surface area contributed by atoms with E-state index in [1.807, 2.05) is 13.0 Å². The SMILES string of the molecule is CCOCCOc1cc(F)cc(C#N)c1. The Bertz CT molecular complexity index is 360. The van der Waals surface area contributed by atoms with Crippen LogP contribution in [0.4, 0.5) is 4.39 Å². The Morgan fingerprint density at radius 2 is 2.13 bits per heavy atom. The predicted octanol–water partition coefficient (Wildman–Crippen LogP) is 2.11. The average Bonchev–Trinajstić information content (AvgIpc) is 2.23. The first-order valence-corrected chi connectivity index (χ1v) is 4.67. The van der Waals surface area contributed by atoms with Crippen molar-refractivity contribution in [3.63, 3.8) is 0 Å². The molecular weight excluding hydrogens is 197 g/mol. The third-order valence-electron chi connectivity index (χ3n) is 1.70.